The number of nitrogens with zero attached hydrogens (tertiary/aromatic N) is 1. The number of amides is 1. The van der Waals surface area contributed by atoms with Crippen molar-refractivity contribution in [1.29, 1.82) is 0 Å². The highest BCUT2D eigenvalue weighted by atomic mass is 19.4. The molecule has 0 atom stereocenters. The number of halogens is 3. The molecule has 4 nitrogen and oxygen atoms in total. The van der Waals surface area contributed by atoms with Gasteiger partial charge in [0.25, 0.3) is 5.91 Å². The van der Waals surface area contributed by atoms with E-state index in [-0.39, 0.29) is 22.2 Å². The first-order chi connectivity index (χ1) is 14.8. The summed E-state index contributed by atoms with van der Waals surface area (Å²) < 4.78 is 46.9. The fraction of sp³-hybridized carbons (Fsp3) is 0.0833. The monoisotopic (exact) mass is 422 g/mol. The average Bonchev–Trinajstić information content (AvgIpc) is 2.77. The molecule has 0 aliphatic carbocycles. The molecule has 0 aliphatic heterocycles. The number of pyridine rings is 1. The third-order valence-electron chi connectivity index (χ3n) is 4.99. The van der Waals surface area contributed by atoms with Gasteiger partial charge in [-0.3, -0.25) is 4.79 Å². The fourth-order valence-electron chi connectivity index (χ4n) is 3.69. The zero-order valence-corrected chi connectivity index (χ0v) is 16.4. The molecule has 1 heterocycles. The molecule has 1 amide bonds. The maximum Gasteiger partial charge on any atom is 0.418 e. The van der Waals surface area contributed by atoms with Gasteiger partial charge in [-0.1, -0.05) is 54.6 Å². The lowest BCUT2D eigenvalue weighted by Crippen LogP contribution is -2.17. The highest BCUT2D eigenvalue weighted by molar-refractivity contribution is 6.13. The fourth-order valence-corrected chi connectivity index (χ4v) is 3.69. The Bertz CT molecular complexity index is 1290. The third-order valence-corrected chi connectivity index (χ3v) is 4.99. The molecule has 0 unspecified atom stereocenters. The summed E-state index contributed by atoms with van der Waals surface area (Å²) in [6, 6.07) is 19.1. The number of benzene rings is 3. The van der Waals surface area contributed by atoms with Gasteiger partial charge < -0.3 is 10.5 Å². The highest BCUT2D eigenvalue weighted by Crippen LogP contribution is 2.43. The Morgan fingerprint density at radius 3 is 2.26 bits per heavy atom. The number of hydrogen-bond acceptors (Lipinski definition) is 3. The van der Waals surface area contributed by atoms with Crippen LogP contribution in [0.15, 0.2) is 72.8 Å². The van der Waals surface area contributed by atoms with E-state index < -0.39 is 17.6 Å². The van der Waals surface area contributed by atoms with Gasteiger partial charge in [-0.2, -0.15) is 13.2 Å². The van der Waals surface area contributed by atoms with Crippen LogP contribution < -0.4 is 10.5 Å². The number of methoxy groups -OCH3 is 1. The minimum Gasteiger partial charge on any atom is -0.496 e. The van der Waals surface area contributed by atoms with Gasteiger partial charge in [0.05, 0.1) is 29.4 Å². The van der Waals surface area contributed by atoms with Crippen LogP contribution in [-0.4, -0.2) is 18.0 Å². The number of rotatable bonds is 4. The Balaban J connectivity index is 2.25. The van der Waals surface area contributed by atoms with E-state index in [1.54, 1.807) is 54.6 Å². The SMILES string of the molecule is COc1ccccc1-c1nc2c(C(F)(F)F)cccc2c(-c2ccccc2)c1C(N)=O. The van der Waals surface area contributed by atoms with Gasteiger partial charge in [-0.25, -0.2) is 4.98 Å². The van der Waals surface area contributed by atoms with Gasteiger partial charge in [0, 0.05) is 16.5 Å². The van der Waals surface area contributed by atoms with E-state index in [0.717, 1.165) is 6.07 Å². The van der Waals surface area contributed by atoms with E-state index in [1.807, 2.05) is 0 Å². The van der Waals surface area contributed by atoms with Gasteiger partial charge in [0.2, 0.25) is 0 Å². The second-order valence-electron chi connectivity index (χ2n) is 6.84. The van der Waals surface area contributed by atoms with Crippen LogP contribution >= 0.6 is 0 Å². The number of aromatic nitrogens is 1. The first-order valence-electron chi connectivity index (χ1n) is 9.35. The molecule has 0 aliphatic rings. The van der Waals surface area contributed by atoms with Crippen LogP contribution in [0.4, 0.5) is 13.2 Å². The van der Waals surface area contributed by atoms with Crippen LogP contribution in [0.25, 0.3) is 33.3 Å². The van der Waals surface area contributed by atoms with Crippen LogP contribution in [0, 0.1) is 0 Å². The summed E-state index contributed by atoms with van der Waals surface area (Å²) in [5, 5.41) is 0.188. The lowest BCUT2D eigenvalue weighted by Gasteiger charge is -2.19. The number of para-hydroxylation sites is 2. The molecule has 0 spiro atoms. The van der Waals surface area contributed by atoms with Crippen molar-refractivity contribution in [2.24, 2.45) is 5.73 Å². The molecule has 156 valence electrons. The summed E-state index contributed by atoms with van der Waals surface area (Å²) in [5.41, 5.74) is 5.88. The topological polar surface area (TPSA) is 65.2 Å². The molecule has 0 saturated heterocycles. The Labute approximate surface area is 176 Å². The maximum atomic E-state index is 13.8. The summed E-state index contributed by atoms with van der Waals surface area (Å²) in [7, 11) is 1.43. The lowest BCUT2D eigenvalue weighted by molar-refractivity contribution is -0.136. The van der Waals surface area contributed by atoms with Crippen LogP contribution in [0.5, 0.6) is 5.75 Å². The largest absolute Gasteiger partial charge is 0.496 e. The number of alkyl halides is 3. The van der Waals surface area contributed by atoms with Gasteiger partial charge in [0.15, 0.2) is 0 Å². The first kappa shape index (κ1) is 20.4. The summed E-state index contributed by atoms with van der Waals surface area (Å²) in [6.07, 6.45) is -4.63. The first-order valence-corrected chi connectivity index (χ1v) is 9.35. The van der Waals surface area contributed by atoms with E-state index >= 15 is 0 Å². The standard InChI is InChI=1S/C24H17F3N2O2/c1-31-18-13-6-5-10-15(18)22-20(23(28)30)19(14-8-3-2-4-9-14)16-11-7-12-17(21(16)29-22)24(25,26)27/h2-13H,1H3,(H2,28,30). The Hall–Kier alpha value is -3.87. The van der Waals surface area contributed by atoms with Crippen LogP contribution in [-0.2, 0) is 6.18 Å². The van der Waals surface area contributed by atoms with E-state index in [0.29, 0.717) is 22.4 Å². The molecule has 4 rings (SSSR count). The van der Waals surface area contributed by atoms with Crippen LogP contribution in [0.1, 0.15) is 15.9 Å². The molecule has 0 bridgehead atoms. The quantitative estimate of drug-likeness (QED) is 0.459. The molecule has 2 N–H and O–H groups in total. The van der Waals surface area contributed by atoms with Gasteiger partial charge in [-0.15, -0.1) is 0 Å². The van der Waals surface area contributed by atoms with Crippen molar-refractivity contribution in [2.75, 3.05) is 7.11 Å². The van der Waals surface area contributed by atoms with Crippen LogP contribution in [0.2, 0.25) is 0 Å². The highest BCUT2D eigenvalue weighted by Gasteiger charge is 2.35. The minimum absolute atomic E-state index is 0.0301. The molecular formula is C24H17F3N2O2. The Morgan fingerprint density at radius 1 is 0.935 bits per heavy atom. The summed E-state index contributed by atoms with van der Waals surface area (Å²) >= 11 is 0. The van der Waals surface area contributed by atoms with Crippen molar-refractivity contribution >= 4 is 16.8 Å². The smallest absolute Gasteiger partial charge is 0.418 e. The zero-order chi connectivity index (χ0) is 22.2. The molecule has 3 aromatic carbocycles. The molecule has 0 fully saturated rings. The number of carbonyl (C=O) groups excluding carboxylic acids is 1. The average molecular weight is 422 g/mol. The number of primary amides is 1. The summed E-state index contributed by atoms with van der Waals surface area (Å²) in [5.74, 6) is -0.438. The van der Waals surface area contributed by atoms with E-state index in [2.05, 4.69) is 4.98 Å². The van der Waals surface area contributed by atoms with Gasteiger partial charge in [0.1, 0.15) is 5.75 Å². The van der Waals surface area contributed by atoms with Crippen LogP contribution in [0.3, 0.4) is 0 Å². The van der Waals surface area contributed by atoms with Gasteiger partial charge in [-0.05, 0) is 23.8 Å². The number of nitrogens with two attached hydrogens (primary N) is 1. The van der Waals surface area contributed by atoms with Gasteiger partial charge >= 0.3 is 6.18 Å². The molecule has 4 aromatic rings. The van der Waals surface area contributed by atoms with Crippen molar-refractivity contribution in [2.45, 2.75) is 6.18 Å². The zero-order valence-electron chi connectivity index (χ0n) is 16.4. The van der Waals surface area contributed by atoms with E-state index in [9.17, 15) is 18.0 Å². The predicted molar refractivity (Wildman–Crippen MR) is 113 cm³/mol. The Morgan fingerprint density at radius 2 is 1.61 bits per heavy atom. The molecular weight excluding hydrogens is 405 g/mol. The summed E-state index contributed by atoms with van der Waals surface area (Å²) in [6.45, 7) is 0. The molecule has 31 heavy (non-hydrogen) atoms. The number of carbonyl (C=O) groups is 1. The second kappa shape index (κ2) is 7.75. The normalized spacial score (nSPS) is 11.5. The van der Waals surface area contributed by atoms with Crippen molar-refractivity contribution in [3.63, 3.8) is 0 Å². The van der Waals surface area contributed by atoms with E-state index in [4.69, 9.17) is 10.5 Å². The van der Waals surface area contributed by atoms with Crippen molar-refractivity contribution in [3.8, 4) is 28.1 Å². The van der Waals surface area contributed by atoms with Crippen molar-refractivity contribution in [1.82, 2.24) is 4.98 Å². The number of hydrogen-bond donors (Lipinski definition) is 1. The maximum absolute atomic E-state index is 13.8. The van der Waals surface area contributed by atoms with Crippen molar-refractivity contribution in [3.05, 3.63) is 83.9 Å². The summed E-state index contributed by atoms with van der Waals surface area (Å²) in [4.78, 5) is 17.0. The predicted octanol–water partition coefficient (Wildman–Crippen LogP) is 5.70. The Kier molecular flexibility index (Phi) is 5.10. The molecule has 7 heteroatoms. The van der Waals surface area contributed by atoms with Crippen molar-refractivity contribution < 1.29 is 22.7 Å². The van der Waals surface area contributed by atoms with E-state index in [1.165, 1.54) is 19.2 Å². The molecule has 0 saturated carbocycles. The second-order valence-corrected chi connectivity index (χ2v) is 6.84. The number of ether oxygens (including phenoxy) is 1. The lowest BCUT2D eigenvalue weighted by atomic mass is 9.90. The third kappa shape index (κ3) is 3.59. The number of fused-ring (bicyclic) bond motifs is 1. The minimum atomic E-state index is -4.63. The molecule has 1 aromatic heterocycles. The molecule has 0 radical (unpaired) electrons.